The number of halogens is 1. The lowest BCUT2D eigenvalue weighted by molar-refractivity contribution is -0.386. The SMILES string of the molecule is Cc1nn(Cc2ccc(C(=O)N3CCN(C(=O)Cc4ccc(F)cc4)CC3)cc2)c(C)c1[N+](=O)[O-]. The van der Waals surface area contributed by atoms with E-state index in [4.69, 9.17) is 0 Å². The number of carbonyl (C=O) groups is 2. The molecule has 1 aliphatic rings. The van der Waals surface area contributed by atoms with Gasteiger partial charge in [0.2, 0.25) is 5.91 Å². The molecule has 1 fully saturated rings. The second kappa shape index (κ2) is 10.0. The van der Waals surface area contributed by atoms with Crippen molar-refractivity contribution in [1.82, 2.24) is 19.6 Å². The zero-order valence-electron chi connectivity index (χ0n) is 19.6. The monoisotopic (exact) mass is 479 g/mol. The summed E-state index contributed by atoms with van der Waals surface area (Å²) in [5, 5.41) is 15.5. The zero-order valence-corrected chi connectivity index (χ0v) is 19.6. The Labute approximate surface area is 201 Å². The van der Waals surface area contributed by atoms with E-state index in [-0.39, 0.29) is 29.7 Å². The summed E-state index contributed by atoms with van der Waals surface area (Å²) in [6.45, 7) is 5.40. The molecular formula is C25H26FN5O4. The van der Waals surface area contributed by atoms with Gasteiger partial charge < -0.3 is 9.80 Å². The van der Waals surface area contributed by atoms with Gasteiger partial charge in [-0.2, -0.15) is 5.10 Å². The number of aromatic nitrogens is 2. The number of benzene rings is 2. The fraction of sp³-hybridized carbons (Fsp3) is 0.320. The quantitative estimate of drug-likeness (QED) is 0.399. The molecule has 0 unspecified atom stereocenters. The molecule has 0 atom stereocenters. The molecule has 0 spiro atoms. The number of amides is 2. The van der Waals surface area contributed by atoms with Gasteiger partial charge in [0.1, 0.15) is 17.2 Å². The minimum absolute atomic E-state index is 0.0205. The second-order valence-corrected chi connectivity index (χ2v) is 8.61. The molecule has 4 rings (SSSR count). The maximum Gasteiger partial charge on any atom is 0.312 e. The highest BCUT2D eigenvalue weighted by Gasteiger charge is 2.25. The molecule has 2 heterocycles. The van der Waals surface area contributed by atoms with Crippen molar-refractivity contribution in [2.24, 2.45) is 0 Å². The molecule has 0 saturated carbocycles. The van der Waals surface area contributed by atoms with Crippen molar-refractivity contribution in [2.45, 2.75) is 26.8 Å². The third kappa shape index (κ3) is 5.37. The molecule has 2 aromatic carbocycles. The summed E-state index contributed by atoms with van der Waals surface area (Å²) in [5.74, 6) is -0.488. The number of rotatable bonds is 6. The lowest BCUT2D eigenvalue weighted by Gasteiger charge is -2.35. The van der Waals surface area contributed by atoms with Gasteiger partial charge in [0, 0.05) is 31.7 Å². The summed E-state index contributed by atoms with van der Waals surface area (Å²) >= 11 is 0. The number of piperazine rings is 1. The van der Waals surface area contributed by atoms with Crippen LogP contribution >= 0.6 is 0 Å². The Kier molecular flexibility index (Phi) is 6.90. The third-order valence-electron chi connectivity index (χ3n) is 6.25. The van der Waals surface area contributed by atoms with E-state index in [1.807, 2.05) is 12.1 Å². The normalized spacial score (nSPS) is 13.7. The van der Waals surface area contributed by atoms with Gasteiger partial charge in [-0.25, -0.2) is 4.39 Å². The molecule has 0 bridgehead atoms. The number of hydrogen-bond acceptors (Lipinski definition) is 5. The van der Waals surface area contributed by atoms with Crippen molar-refractivity contribution < 1.29 is 18.9 Å². The summed E-state index contributed by atoms with van der Waals surface area (Å²) in [5.41, 5.74) is 3.05. The van der Waals surface area contributed by atoms with Crippen molar-refractivity contribution in [3.8, 4) is 0 Å². The van der Waals surface area contributed by atoms with Gasteiger partial charge in [0.05, 0.1) is 17.9 Å². The van der Waals surface area contributed by atoms with Crippen LogP contribution in [0.1, 0.15) is 32.9 Å². The average molecular weight is 480 g/mol. The van der Waals surface area contributed by atoms with Gasteiger partial charge >= 0.3 is 5.69 Å². The number of nitrogens with zero attached hydrogens (tertiary/aromatic N) is 5. The largest absolute Gasteiger partial charge is 0.339 e. The highest BCUT2D eigenvalue weighted by Crippen LogP contribution is 2.22. The Morgan fingerprint density at radius 3 is 2.09 bits per heavy atom. The van der Waals surface area contributed by atoms with E-state index in [0.29, 0.717) is 49.7 Å². The predicted octanol–water partition coefficient (Wildman–Crippen LogP) is 3.12. The highest BCUT2D eigenvalue weighted by molar-refractivity contribution is 5.94. The van der Waals surface area contributed by atoms with Crippen molar-refractivity contribution in [3.63, 3.8) is 0 Å². The van der Waals surface area contributed by atoms with Crippen LogP contribution in [-0.2, 0) is 17.8 Å². The molecule has 0 N–H and O–H groups in total. The van der Waals surface area contributed by atoms with Crippen molar-refractivity contribution in [3.05, 3.63) is 92.5 Å². The van der Waals surface area contributed by atoms with Gasteiger partial charge in [-0.3, -0.25) is 24.4 Å². The first-order valence-electron chi connectivity index (χ1n) is 11.3. The van der Waals surface area contributed by atoms with Crippen LogP contribution < -0.4 is 0 Å². The topological polar surface area (TPSA) is 102 Å². The maximum absolute atomic E-state index is 13.1. The van der Waals surface area contributed by atoms with Crippen LogP contribution in [0.4, 0.5) is 10.1 Å². The molecule has 0 aliphatic carbocycles. The van der Waals surface area contributed by atoms with Gasteiger partial charge in [-0.15, -0.1) is 0 Å². The van der Waals surface area contributed by atoms with Crippen molar-refractivity contribution >= 4 is 17.5 Å². The minimum Gasteiger partial charge on any atom is -0.339 e. The summed E-state index contributed by atoms with van der Waals surface area (Å²) in [6, 6.07) is 13.0. The van der Waals surface area contributed by atoms with Gasteiger partial charge in [-0.05, 0) is 49.2 Å². The molecule has 2 amide bonds. The van der Waals surface area contributed by atoms with E-state index in [1.54, 1.807) is 52.6 Å². The number of aryl methyl sites for hydroxylation is 1. The van der Waals surface area contributed by atoms with Crippen LogP contribution in [0.15, 0.2) is 48.5 Å². The molecular weight excluding hydrogens is 453 g/mol. The number of hydrogen-bond donors (Lipinski definition) is 0. The molecule has 1 aromatic heterocycles. The van der Waals surface area contributed by atoms with E-state index in [0.717, 1.165) is 11.1 Å². The molecule has 9 nitrogen and oxygen atoms in total. The van der Waals surface area contributed by atoms with Crippen LogP contribution in [0, 0.1) is 29.8 Å². The van der Waals surface area contributed by atoms with Crippen molar-refractivity contribution in [1.29, 1.82) is 0 Å². The summed E-state index contributed by atoms with van der Waals surface area (Å²) in [4.78, 5) is 39.7. The molecule has 1 aliphatic heterocycles. The Bertz CT molecular complexity index is 1250. The van der Waals surface area contributed by atoms with Crippen LogP contribution in [0.2, 0.25) is 0 Å². The summed E-state index contributed by atoms with van der Waals surface area (Å²) in [6.07, 6.45) is 0.202. The molecule has 10 heteroatoms. The zero-order chi connectivity index (χ0) is 25.1. The van der Waals surface area contributed by atoms with Crippen LogP contribution in [-0.4, -0.2) is 62.5 Å². The maximum atomic E-state index is 13.1. The Morgan fingerprint density at radius 1 is 0.943 bits per heavy atom. The first kappa shape index (κ1) is 24.1. The van der Waals surface area contributed by atoms with E-state index in [1.165, 1.54) is 12.1 Å². The molecule has 0 radical (unpaired) electrons. The number of nitro groups is 1. The van der Waals surface area contributed by atoms with E-state index in [2.05, 4.69) is 5.10 Å². The Hall–Kier alpha value is -4.08. The summed E-state index contributed by atoms with van der Waals surface area (Å²) in [7, 11) is 0. The lowest BCUT2D eigenvalue weighted by atomic mass is 10.1. The molecule has 1 saturated heterocycles. The Morgan fingerprint density at radius 2 is 1.51 bits per heavy atom. The van der Waals surface area contributed by atoms with Gasteiger partial charge in [0.15, 0.2) is 0 Å². The van der Waals surface area contributed by atoms with E-state index < -0.39 is 4.92 Å². The standard InChI is InChI=1S/C25H26FN5O4/c1-17-24(31(34)35)18(2)30(27-17)16-20-3-7-21(8-4-20)25(33)29-13-11-28(12-14-29)23(32)15-19-5-9-22(26)10-6-19/h3-10H,11-16H2,1-2H3. The third-order valence-corrected chi connectivity index (χ3v) is 6.25. The number of carbonyl (C=O) groups excluding carboxylic acids is 2. The summed E-state index contributed by atoms with van der Waals surface area (Å²) < 4.78 is 14.6. The Balaban J connectivity index is 1.32. The molecule has 35 heavy (non-hydrogen) atoms. The second-order valence-electron chi connectivity index (χ2n) is 8.61. The smallest absolute Gasteiger partial charge is 0.312 e. The van der Waals surface area contributed by atoms with Crippen LogP contribution in [0.5, 0.6) is 0 Å². The van der Waals surface area contributed by atoms with Gasteiger partial charge in [-0.1, -0.05) is 24.3 Å². The van der Waals surface area contributed by atoms with Gasteiger partial charge in [0.25, 0.3) is 5.91 Å². The molecule has 3 aromatic rings. The molecule has 182 valence electrons. The fourth-order valence-corrected chi connectivity index (χ4v) is 4.26. The first-order chi connectivity index (χ1) is 16.7. The van der Waals surface area contributed by atoms with Crippen molar-refractivity contribution in [2.75, 3.05) is 26.2 Å². The fourth-order valence-electron chi connectivity index (χ4n) is 4.26. The van der Waals surface area contributed by atoms with E-state index >= 15 is 0 Å². The average Bonchev–Trinajstić information content (AvgIpc) is 3.13. The van der Waals surface area contributed by atoms with E-state index in [9.17, 15) is 24.1 Å². The predicted molar refractivity (Wildman–Crippen MR) is 126 cm³/mol. The highest BCUT2D eigenvalue weighted by atomic mass is 19.1. The first-order valence-corrected chi connectivity index (χ1v) is 11.3. The lowest BCUT2D eigenvalue weighted by Crippen LogP contribution is -2.51. The minimum atomic E-state index is -0.425. The van der Waals surface area contributed by atoms with Crippen LogP contribution in [0.25, 0.3) is 0 Å². The van der Waals surface area contributed by atoms with Crippen LogP contribution in [0.3, 0.4) is 0 Å².